The molecule has 7 heteroatoms. The van der Waals surface area contributed by atoms with Crippen molar-refractivity contribution in [1.29, 1.82) is 0 Å². The number of aryl methyl sites for hydroxylation is 1. The highest BCUT2D eigenvalue weighted by Crippen LogP contribution is 2.18. The van der Waals surface area contributed by atoms with Crippen molar-refractivity contribution in [2.24, 2.45) is 0 Å². The molecule has 0 spiro atoms. The molecule has 3 rings (SSSR count). The summed E-state index contributed by atoms with van der Waals surface area (Å²) in [6, 6.07) is 0. The lowest BCUT2D eigenvalue weighted by Crippen LogP contribution is -2.20. The van der Waals surface area contributed by atoms with Gasteiger partial charge < -0.3 is 4.74 Å². The first-order valence-corrected chi connectivity index (χ1v) is 7.23. The van der Waals surface area contributed by atoms with E-state index in [-0.39, 0.29) is 5.56 Å². The highest BCUT2D eigenvalue weighted by molar-refractivity contribution is 14.1. The van der Waals surface area contributed by atoms with Gasteiger partial charge in [-0.1, -0.05) is 13.0 Å². The van der Waals surface area contributed by atoms with Gasteiger partial charge in [0, 0.05) is 0 Å². The van der Waals surface area contributed by atoms with Crippen molar-refractivity contribution in [3.63, 3.8) is 0 Å². The molecule has 100 valence electrons. The molecule has 0 amide bonds. The largest absolute Gasteiger partial charge is 0.377 e. The van der Waals surface area contributed by atoms with E-state index in [0.29, 0.717) is 28.4 Å². The van der Waals surface area contributed by atoms with Crippen LogP contribution in [0.1, 0.15) is 24.9 Å². The SMILES string of the molecule is CCc1nc2nc(C3=CCOCC3)[nH]n2c(=O)c1I. The van der Waals surface area contributed by atoms with Crippen molar-refractivity contribution >= 4 is 33.9 Å². The van der Waals surface area contributed by atoms with Crippen LogP contribution < -0.4 is 5.56 Å². The van der Waals surface area contributed by atoms with E-state index < -0.39 is 0 Å². The quantitative estimate of drug-likeness (QED) is 0.809. The number of nitrogens with one attached hydrogen (secondary N) is 1. The molecular formula is C12H13IN4O2. The summed E-state index contributed by atoms with van der Waals surface area (Å²) in [5.41, 5.74) is 1.78. The number of fused-ring (bicyclic) bond motifs is 1. The number of H-pyrrole nitrogens is 1. The number of aromatic amines is 1. The maximum Gasteiger partial charge on any atom is 0.287 e. The Kier molecular flexibility index (Phi) is 3.40. The second-order valence-corrected chi connectivity index (χ2v) is 5.37. The fourth-order valence-electron chi connectivity index (χ4n) is 2.06. The number of nitrogens with zero attached hydrogens (tertiary/aromatic N) is 3. The molecule has 2 aromatic rings. The molecule has 0 bridgehead atoms. The van der Waals surface area contributed by atoms with E-state index in [0.717, 1.165) is 24.1 Å². The molecular weight excluding hydrogens is 359 g/mol. The van der Waals surface area contributed by atoms with Crippen LogP contribution in [0.5, 0.6) is 0 Å². The third kappa shape index (κ3) is 2.20. The van der Waals surface area contributed by atoms with E-state index >= 15 is 0 Å². The van der Waals surface area contributed by atoms with Crippen LogP contribution >= 0.6 is 22.6 Å². The summed E-state index contributed by atoms with van der Waals surface area (Å²) < 4.78 is 7.33. The maximum atomic E-state index is 12.2. The van der Waals surface area contributed by atoms with E-state index in [1.54, 1.807) is 0 Å². The molecule has 1 N–H and O–H groups in total. The summed E-state index contributed by atoms with van der Waals surface area (Å²) in [7, 11) is 0. The van der Waals surface area contributed by atoms with Gasteiger partial charge in [-0.15, -0.1) is 0 Å². The molecule has 0 saturated carbocycles. The molecule has 19 heavy (non-hydrogen) atoms. The third-order valence-corrected chi connectivity index (χ3v) is 4.20. The van der Waals surface area contributed by atoms with Crippen LogP contribution in [-0.4, -0.2) is 32.8 Å². The predicted octanol–water partition coefficient (Wildman–Crippen LogP) is 1.39. The van der Waals surface area contributed by atoms with Gasteiger partial charge in [0.25, 0.3) is 11.3 Å². The molecule has 0 unspecified atom stereocenters. The Morgan fingerprint density at radius 1 is 1.53 bits per heavy atom. The fourth-order valence-corrected chi connectivity index (χ4v) is 2.80. The summed E-state index contributed by atoms with van der Waals surface area (Å²) in [6.07, 6.45) is 3.51. The van der Waals surface area contributed by atoms with Crippen molar-refractivity contribution in [1.82, 2.24) is 19.6 Å². The zero-order valence-electron chi connectivity index (χ0n) is 10.4. The van der Waals surface area contributed by atoms with E-state index in [9.17, 15) is 4.79 Å². The number of hydrogen-bond acceptors (Lipinski definition) is 4. The molecule has 0 aliphatic carbocycles. The van der Waals surface area contributed by atoms with Crippen molar-refractivity contribution < 1.29 is 4.74 Å². The lowest BCUT2D eigenvalue weighted by molar-refractivity contribution is 0.161. The molecule has 0 radical (unpaired) electrons. The number of ether oxygens (including phenoxy) is 1. The Hall–Kier alpha value is -1.22. The minimum atomic E-state index is -0.0890. The lowest BCUT2D eigenvalue weighted by atomic mass is 10.1. The van der Waals surface area contributed by atoms with Crippen LogP contribution in [0.25, 0.3) is 11.4 Å². The highest BCUT2D eigenvalue weighted by atomic mass is 127. The first-order chi connectivity index (χ1) is 9.20. The van der Waals surface area contributed by atoms with E-state index in [1.165, 1.54) is 4.52 Å². The molecule has 0 aromatic carbocycles. The second-order valence-electron chi connectivity index (χ2n) is 4.29. The standard InChI is InChI=1S/C12H13IN4O2/c1-2-8-9(13)11(18)17-12(14-8)15-10(16-17)7-3-5-19-6-4-7/h3H,2,4-6H2,1H3,(H,14,15,16). The van der Waals surface area contributed by atoms with Gasteiger partial charge in [-0.3, -0.25) is 9.89 Å². The number of halogens is 1. The average molecular weight is 372 g/mol. The summed E-state index contributed by atoms with van der Waals surface area (Å²) in [4.78, 5) is 21.0. The zero-order valence-corrected chi connectivity index (χ0v) is 12.6. The van der Waals surface area contributed by atoms with Gasteiger partial charge in [-0.2, -0.15) is 9.50 Å². The second kappa shape index (κ2) is 5.04. The van der Waals surface area contributed by atoms with Crippen LogP contribution in [0.15, 0.2) is 10.9 Å². The Morgan fingerprint density at radius 3 is 3.05 bits per heavy atom. The number of aromatic nitrogens is 4. The van der Waals surface area contributed by atoms with Gasteiger partial charge in [0.15, 0.2) is 5.82 Å². The van der Waals surface area contributed by atoms with Gasteiger partial charge >= 0.3 is 0 Å². The Morgan fingerprint density at radius 2 is 2.37 bits per heavy atom. The Labute approximate surface area is 123 Å². The smallest absolute Gasteiger partial charge is 0.287 e. The molecule has 3 heterocycles. The minimum absolute atomic E-state index is 0.0890. The van der Waals surface area contributed by atoms with Crippen LogP contribution in [0.2, 0.25) is 0 Å². The fraction of sp³-hybridized carbons (Fsp3) is 0.417. The van der Waals surface area contributed by atoms with Crippen molar-refractivity contribution in [3.8, 4) is 0 Å². The van der Waals surface area contributed by atoms with E-state index in [2.05, 4.69) is 15.1 Å². The Bertz CT molecular complexity index is 716. The van der Waals surface area contributed by atoms with Crippen molar-refractivity contribution in [2.45, 2.75) is 19.8 Å². The topological polar surface area (TPSA) is 72.3 Å². The Balaban J connectivity index is 2.18. The van der Waals surface area contributed by atoms with E-state index in [4.69, 9.17) is 4.74 Å². The van der Waals surface area contributed by atoms with E-state index in [1.807, 2.05) is 35.6 Å². The minimum Gasteiger partial charge on any atom is -0.377 e. The lowest BCUT2D eigenvalue weighted by Gasteiger charge is -2.10. The molecule has 0 fully saturated rings. The van der Waals surface area contributed by atoms with Crippen molar-refractivity contribution in [3.05, 3.63) is 31.5 Å². The highest BCUT2D eigenvalue weighted by Gasteiger charge is 2.15. The van der Waals surface area contributed by atoms with Crippen LogP contribution in [-0.2, 0) is 11.2 Å². The molecule has 0 atom stereocenters. The molecule has 1 aliphatic rings. The van der Waals surface area contributed by atoms with Crippen LogP contribution in [0.4, 0.5) is 0 Å². The zero-order chi connectivity index (χ0) is 13.4. The van der Waals surface area contributed by atoms with Gasteiger partial charge in [-0.25, -0.2) is 4.98 Å². The monoisotopic (exact) mass is 372 g/mol. The molecule has 6 nitrogen and oxygen atoms in total. The normalized spacial score (nSPS) is 15.8. The molecule has 1 aliphatic heterocycles. The number of rotatable bonds is 2. The summed E-state index contributed by atoms with van der Waals surface area (Å²) >= 11 is 2.04. The average Bonchev–Trinajstić information content (AvgIpc) is 2.88. The molecule has 0 saturated heterocycles. The van der Waals surface area contributed by atoms with Gasteiger partial charge in [0.05, 0.1) is 18.9 Å². The molecule has 2 aromatic heterocycles. The summed E-state index contributed by atoms with van der Waals surface area (Å²) in [6.45, 7) is 3.25. The number of hydrogen-bond donors (Lipinski definition) is 1. The summed E-state index contributed by atoms with van der Waals surface area (Å²) in [5.74, 6) is 1.14. The summed E-state index contributed by atoms with van der Waals surface area (Å²) in [5, 5.41) is 3.03. The van der Waals surface area contributed by atoms with Crippen LogP contribution in [0, 0.1) is 3.57 Å². The third-order valence-electron chi connectivity index (χ3n) is 3.11. The first-order valence-electron chi connectivity index (χ1n) is 6.15. The van der Waals surface area contributed by atoms with Gasteiger partial charge in [-0.05, 0) is 41.0 Å². The van der Waals surface area contributed by atoms with Crippen molar-refractivity contribution in [2.75, 3.05) is 13.2 Å². The van der Waals surface area contributed by atoms with Crippen LogP contribution in [0.3, 0.4) is 0 Å². The first kappa shape index (κ1) is 12.8. The van der Waals surface area contributed by atoms with Gasteiger partial charge in [0.1, 0.15) is 3.57 Å². The maximum absolute atomic E-state index is 12.2. The predicted molar refractivity (Wildman–Crippen MR) is 79.1 cm³/mol. The van der Waals surface area contributed by atoms with Gasteiger partial charge in [0.2, 0.25) is 0 Å².